The van der Waals surface area contributed by atoms with Crippen LogP contribution in [0.15, 0.2) is 24.3 Å². The van der Waals surface area contributed by atoms with Gasteiger partial charge >= 0.3 is 5.97 Å². The number of aliphatic carboxylic acids is 1. The minimum Gasteiger partial charge on any atom is -0.508 e. The van der Waals surface area contributed by atoms with Crippen LogP contribution in [0.2, 0.25) is 0 Å². The fourth-order valence-electron chi connectivity index (χ4n) is 2.80. The summed E-state index contributed by atoms with van der Waals surface area (Å²) in [6.07, 6.45) is -0.398. The number of nitrogens with one attached hydrogen (secondary N) is 3. The number of rotatable bonds is 12. The first-order valence-corrected chi connectivity index (χ1v) is 11.2. The molecular weight excluding hydrogens is 547 g/mol. The van der Waals surface area contributed by atoms with Crippen molar-refractivity contribution < 1.29 is 34.2 Å². The lowest BCUT2D eigenvalue weighted by Crippen LogP contribution is -2.57. The number of carboxylic acids is 1. The summed E-state index contributed by atoms with van der Waals surface area (Å²) in [5.41, 5.74) is 6.69. The van der Waals surface area contributed by atoms with E-state index in [0.717, 1.165) is 5.56 Å². The molecule has 0 radical (unpaired) electrons. The molecule has 7 N–H and O–H groups in total. The molecule has 182 valence electrons. The maximum absolute atomic E-state index is 12.7. The molecule has 0 bridgehead atoms. The van der Waals surface area contributed by atoms with E-state index in [1.165, 1.54) is 41.6 Å². The van der Waals surface area contributed by atoms with Gasteiger partial charge in [-0.1, -0.05) is 26.0 Å². The van der Waals surface area contributed by atoms with Gasteiger partial charge in [0.1, 0.15) is 23.9 Å². The van der Waals surface area contributed by atoms with Crippen LogP contribution in [0.25, 0.3) is 0 Å². The number of aromatic hydroxyl groups is 1. The monoisotopic (exact) mass is 576 g/mol. The molecule has 1 aromatic carbocycles. The van der Waals surface area contributed by atoms with Crippen LogP contribution >= 0.6 is 22.6 Å². The Bertz CT molecular complexity index is 876. The molecule has 1 aromatic rings. The lowest BCUT2D eigenvalue weighted by molar-refractivity contribution is -0.139. The summed E-state index contributed by atoms with van der Waals surface area (Å²) >= 11 is 1.39. The zero-order valence-electron chi connectivity index (χ0n) is 18.5. The average molecular weight is 576 g/mol. The van der Waals surface area contributed by atoms with Gasteiger partial charge in [-0.2, -0.15) is 0 Å². The molecule has 0 unspecified atom stereocenters. The van der Waals surface area contributed by atoms with Crippen LogP contribution in [0.4, 0.5) is 0 Å². The Labute approximate surface area is 205 Å². The number of carboxylic acid groups (broad SMARTS) is 1. The predicted molar refractivity (Wildman–Crippen MR) is 127 cm³/mol. The topological polar surface area (TPSA) is 188 Å². The van der Waals surface area contributed by atoms with Crippen molar-refractivity contribution >= 4 is 50.1 Å². The molecule has 0 aromatic heterocycles. The van der Waals surface area contributed by atoms with Crippen molar-refractivity contribution in [3.63, 3.8) is 0 Å². The van der Waals surface area contributed by atoms with E-state index in [4.69, 9.17) is 10.8 Å². The standard InChI is InChI=1S/C21H29IN4O7/c1-10(2)17(26-20(32)14(23)8-12-4-6-13(27)7-5-12)21(33)24-11(3)19(31)25-15(18(22)30)9-16(28)29/h4-7,10-11,14-15,17,27H,8-9,23H2,1-3H3,(H,24,33)(H,25,31)(H,26,32)(H,28,29)/t11-,14-,15-,17-/m0/s1. The lowest BCUT2D eigenvalue weighted by atomic mass is 10.0. The smallest absolute Gasteiger partial charge is 0.305 e. The molecule has 4 atom stereocenters. The normalized spacial score (nSPS) is 14.5. The number of nitrogens with two attached hydrogens (primary N) is 1. The number of carbonyl (C=O) groups is 5. The second kappa shape index (κ2) is 13.1. The van der Waals surface area contributed by atoms with Crippen LogP contribution in [0.3, 0.4) is 0 Å². The quantitative estimate of drug-likeness (QED) is 0.146. The third kappa shape index (κ3) is 9.74. The molecule has 0 aliphatic carbocycles. The molecule has 1 rings (SSSR count). The van der Waals surface area contributed by atoms with Gasteiger partial charge in [0.15, 0.2) is 0 Å². The fourth-order valence-corrected chi connectivity index (χ4v) is 3.18. The Hall–Kier alpha value is -2.74. The maximum Gasteiger partial charge on any atom is 0.305 e. The minimum atomic E-state index is -1.26. The SMILES string of the molecule is CC(C)[C@H](NC(=O)[C@@H](N)Cc1ccc(O)cc1)C(=O)N[C@@H](C)C(=O)N[C@@H](CC(=O)O)C(=O)I. The molecule has 33 heavy (non-hydrogen) atoms. The van der Waals surface area contributed by atoms with Gasteiger partial charge in [0.05, 0.1) is 12.5 Å². The molecule has 0 spiro atoms. The van der Waals surface area contributed by atoms with E-state index in [0.29, 0.717) is 0 Å². The number of benzene rings is 1. The average Bonchev–Trinajstić information content (AvgIpc) is 2.71. The highest BCUT2D eigenvalue weighted by Gasteiger charge is 2.30. The molecule has 12 heteroatoms. The molecule has 0 saturated carbocycles. The molecule has 0 saturated heterocycles. The van der Waals surface area contributed by atoms with Crippen LogP contribution in [-0.2, 0) is 30.4 Å². The number of carbonyl (C=O) groups excluding carboxylic acids is 4. The Morgan fingerprint density at radius 1 is 0.939 bits per heavy atom. The van der Waals surface area contributed by atoms with Gasteiger partial charge < -0.3 is 31.9 Å². The van der Waals surface area contributed by atoms with E-state index in [9.17, 15) is 29.1 Å². The summed E-state index contributed by atoms with van der Waals surface area (Å²) in [6, 6.07) is 1.96. The van der Waals surface area contributed by atoms with E-state index in [2.05, 4.69) is 16.0 Å². The third-order valence-corrected chi connectivity index (χ3v) is 5.45. The Balaban J connectivity index is 2.74. The van der Waals surface area contributed by atoms with Crippen molar-refractivity contribution in [2.75, 3.05) is 0 Å². The van der Waals surface area contributed by atoms with Crippen molar-refractivity contribution in [1.29, 1.82) is 0 Å². The van der Waals surface area contributed by atoms with Gasteiger partial charge in [-0.3, -0.25) is 24.0 Å². The Morgan fingerprint density at radius 3 is 2.00 bits per heavy atom. The van der Waals surface area contributed by atoms with Gasteiger partial charge in [0.25, 0.3) is 0 Å². The zero-order valence-corrected chi connectivity index (χ0v) is 20.7. The summed E-state index contributed by atoms with van der Waals surface area (Å²) in [5, 5.41) is 25.5. The van der Waals surface area contributed by atoms with Crippen LogP contribution in [0, 0.1) is 5.92 Å². The van der Waals surface area contributed by atoms with Crippen molar-refractivity contribution in [3.05, 3.63) is 29.8 Å². The van der Waals surface area contributed by atoms with Crippen molar-refractivity contribution in [2.24, 2.45) is 11.7 Å². The number of halogens is 1. The van der Waals surface area contributed by atoms with E-state index in [-0.39, 0.29) is 18.1 Å². The Kier molecular flexibility index (Phi) is 11.2. The van der Waals surface area contributed by atoms with Gasteiger partial charge in [0, 0.05) is 22.6 Å². The molecule has 11 nitrogen and oxygen atoms in total. The molecule has 0 heterocycles. The molecule has 3 amide bonds. The van der Waals surface area contributed by atoms with Crippen LogP contribution < -0.4 is 21.7 Å². The van der Waals surface area contributed by atoms with E-state index < -0.39 is 58.1 Å². The third-order valence-electron chi connectivity index (χ3n) is 4.70. The first kappa shape index (κ1) is 28.3. The summed E-state index contributed by atoms with van der Waals surface area (Å²) < 4.78 is -0.559. The number of hydrogen-bond donors (Lipinski definition) is 6. The molecular formula is C21H29IN4O7. The first-order chi connectivity index (χ1) is 15.3. The van der Waals surface area contributed by atoms with Gasteiger partial charge in [-0.15, -0.1) is 0 Å². The van der Waals surface area contributed by atoms with E-state index in [1.807, 2.05) is 0 Å². The van der Waals surface area contributed by atoms with Gasteiger partial charge in [-0.05, 0) is 37.0 Å². The largest absolute Gasteiger partial charge is 0.508 e. The van der Waals surface area contributed by atoms with Gasteiger partial charge in [0.2, 0.25) is 21.5 Å². The molecule has 0 aliphatic heterocycles. The second-order valence-electron chi connectivity index (χ2n) is 7.90. The summed E-state index contributed by atoms with van der Waals surface area (Å²) in [6.45, 7) is 4.79. The summed E-state index contributed by atoms with van der Waals surface area (Å²) in [5.74, 6) is -3.44. The maximum atomic E-state index is 12.7. The highest BCUT2D eigenvalue weighted by atomic mass is 127. The number of phenolic OH excluding ortho intramolecular Hbond substituents is 1. The highest BCUT2D eigenvalue weighted by Crippen LogP contribution is 2.11. The Morgan fingerprint density at radius 2 is 1.52 bits per heavy atom. The van der Waals surface area contributed by atoms with Crippen LogP contribution in [-0.4, -0.2) is 61.9 Å². The minimum absolute atomic E-state index is 0.0867. The highest BCUT2D eigenvalue weighted by molar-refractivity contribution is 14.1. The fraction of sp³-hybridized carbons (Fsp3) is 0.476. The molecule has 0 aliphatic rings. The van der Waals surface area contributed by atoms with E-state index >= 15 is 0 Å². The molecule has 0 fully saturated rings. The van der Waals surface area contributed by atoms with Gasteiger partial charge in [-0.25, -0.2) is 0 Å². The number of amides is 3. The van der Waals surface area contributed by atoms with Crippen LogP contribution in [0.5, 0.6) is 5.75 Å². The van der Waals surface area contributed by atoms with Crippen molar-refractivity contribution in [2.45, 2.75) is 57.8 Å². The number of phenols is 1. The first-order valence-electron chi connectivity index (χ1n) is 10.2. The second-order valence-corrected chi connectivity index (χ2v) is 8.96. The predicted octanol–water partition coefficient (Wildman–Crippen LogP) is -0.171. The van der Waals surface area contributed by atoms with Crippen LogP contribution in [0.1, 0.15) is 32.8 Å². The van der Waals surface area contributed by atoms with E-state index in [1.54, 1.807) is 26.0 Å². The van der Waals surface area contributed by atoms with Crippen molar-refractivity contribution in [1.82, 2.24) is 16.0 Å². The lowest BCUT2D eigenvalue weighted by Gasteiger charge is -2.25. The summed E-state index contributed by atoms with van der Waals surface area (Å²) in [7, 11) is 0. The number of hydrogen-bond acceptors (Lipinski definition) is 7. The summed E-state index contributed by atoms with van der Waals surface area (Å²) in [4.78, 5) is 60.0. The zero-order chi connectivity index (χ0) is 25.3. The van der Waals surface area contributed by atoms with Crippen molar-refractivity contribution in [3.8, 4) is 5.75 Å².